The normalized spacial score (nSPS) is 11.6. The van der Waals surface area contributed by atoms with Gasteiger partial charge in [0.15, 0.2) is 0 Å². The van der Waals surface area contributed by atoms with Gasteiger partial charge in [0.25, 0.3) is 0 Å². The van der Waals surface area contributed by atoms with Crippen LogP contribution >= 0.6 is 0 Å². The Labute approximate surface area is 290 Å². The number of hydrogen-bond acceptors (Lipinski definition) is 2. The molecule has 0 fully saturated rings. The molecule has 0 aliphatic rings. The number of hydrogen-bond donors (Lipinski definition) is 0. The highest BCUT2D eigenvalue weighted by molar-refractivity contribution is 6.19. The van der Waals surface area contributed by atoms with Crippen molar-refractivity contribution < 1.29 is 4.42 Å². The molecule has 10 aromatic rings. The molecule has 0 saturated heterocycles. The molecule has 0 spiro atoms. The van der Waals surface area contributed by atoms with E-state index in [0.717, 1.165) is 44.4 Å². The summed E-state index contributed by atoms with van der Waals surface area (Å²) in [6.45, 7) is 0. The number of rotatable bonds is 5. The summed E-state index contributed by atoms with van der Waals surface area (Å²) < 4.78 is 6.64. The summed E-state index contributed by atoms with van der Waals surface area (Å²) in [4.78, 5) is 2.38. The minimum atomic E-state index is 0.875. The number of nitrogens with zero attached hydrogens (tertiary/aromatic N) is 1. The van der Waals surface area contributed by atoms with E-state index >= 15 is 0 Å². The van der Waals surface area contributed by atoms with Crippen LogP contribution in [0.5, 0.6) is 0 Å². The molecule has 0 radical (unpaired) electrons. The van der Waals surface area contributed by atoms with Crippen molar-refractivity contribution in [2.45, 2.75) is 0 Å². The monoisotopic (exact) mass is 637 g/mol. The average molecular weight is 638 g/mol. The van der Waals surface area contributed by atoms with Crippen LogP contribution in [0.4, 0.5) is 17.1 Å². The second-order valence-electron chi connectivity index (χ2n) is 12.9. The second-order valence-corrected chi connectivity index (χ2v) is 12.9. The van der Waals surface area contributed by atoms with Crippen molar-refractivity contribution in [3.8, 4) is 22.3 Å². The standard InChI is InChI=1S/C48H31NO/c1-2-12-33(13-3-1)40-19-8-16-36-17-9-20-41(46(36)40)35-24-27-38(28-25-35)49(39-29-23-32-11-4-5-15-37(32)31-39)44-21-10-22-45-47(44)43-30-26-34-14-6-7-18-42(34)48(43)50-45/h1-31H. The van der Waals surface area contributed by atoms with Gasteiger partial charge in [-0.15, -0.1) is 0 Å². The highest BCUT2D eigenvalue weighted by Crippen LogP contribution is 2.45. The van der Waals surface area contributed by atoms with Gasteiger partial charge >= 0.3 is 0 Å². The first-order chi connectivity index (χ1) is 24.8. The van der Waals surface area contributed by atoms with Gasteiger partial charge in [0.2, 0.25) is 0 Å². The summed E-state index contributed by atoms with van der Waals surface area (Å²) in [5, 5.41) is 9.43. The van der Waals surface area contributed by atoms with E-state index in [1.54, 1.807) is 0 Å². The number of benzene rings is 9. The molecule has 0 aliphatic carbocycles. The summed E-state index contributed by atoms with van der Waals surface area (Å²) in [6, 6.07) is 67.5. The largest absolute Gasteiger partial charge is 0.455 e. The molecule has 9 aromatic carbocycles. The Morgan fingerprint density at radius 3 is 1.78 bits per heavy atom. The van der Waals surface area contributed by atoms with Crippen molar-refractivity contribution in [2.75, 3.05) is 4.90 Å². The molecule has 0 atom stereocenters. The van der Waals surface area contributed by atoms with E-state index in [-0.39, 0.29) is 0 Å². The zero-order valence-corrected chi connectivity index (χ0v) is 27.3. The van der Waals surface area contributed by atoms with Crippen molar-refractivity contribution in [3.63, 3.8) is 0 Å². The van der Waals surface area contributed by atoms with Gasteiger partial charge in [-0.05, 0) is 91.6 Å². The predicted molar refractivity (Wildman–Crippen MR) is 212 cm³/mol. The number of furan rings is 1. The van der Waals surface area contributed by atoms with Crippen molar-refractivity contribution in [2.24, 2.45) is 0 Å². The van der Waals surface area contributed by atoms with E-state index in [9.17, 15) is 0 Å². The minimum absolute atomic E-state index is 0.875. The van der Waals surface area contributed by atoms with Crippen molar-refractivity contribution >= 4 is 71.3 Å². The lowest BCUT2D eigenvalue weighted by Crippen LogP contribution is -2.10. The molecule has 2 nitrogen and oxygen atoms in total. The van der Waals surface area contributed by atoms with Gasteiger partial charge in [-0.1, -0.05) is 146 Å². The number of fused-ring (bicyclic) bond motifs is 7. The third-order valence-electron chi connectivity index (χ3n) is 10.0. The molecule has 0 saturated carbocycles. The molecule has 1 heterocycles. The smallest absolute Gasteiger partial charge is 0.143 e. The Kier molecular flexibility index (Phi) is 6.53. The minimum Gasteiger partial charge on any atom is -0.455 e. The molecule has 1 aromatic heterocycles. The van der Waals surface area contributed by atoms with E-state index in [0.29, 0.717) is 0 Å². The topological polar surface area (TPSA) is 16.4 Å². The summed E-state index contributed by atoms with van der Waals surface area (Å²) in [7, 11) is 0. The highest BCUT2D eigenvalue weighted by atomic mass is 16.3. The fourth-order valence-electron chi connectivity index (χ4n) is 7.69. The summed E-state index contributed by atoms with van der Waals surface area (Å²) in [5.41, 5.74) is 9.91. The molecule has 234 valence electrons. The van der Waals surface area contributed by atoms with Gasteiger partial charge in [-0.3, -0.25) is 0 Å². The quantitative estimate of drug-likeness (QED) is 0.187. The zero-order chi connectivity index (χ0) is 33.0. The van der Waals surface area contributed by atoms with E-state index < -0.39 is 0 Å². The first-order valence-electron chi connectivity index (χ1n) is 17.1. The lowest BCUT2D eigenvalue weighted by molar-refractivity contribution is 0.672. The molecule has 0 amide bonds. The molecule has 50 heavy (non-hydrogen) atoms. The Morgan fingerprint density at radius 2 is 0.980 bits per heavy atom. The van der Waals surface area contributed by atoms with Crippen molar-refractivity contribution in [3.05, 3.63) is 188 Å². The van der Waals surface area contributed by atoms with Crippen LogP contribution in [-0.2, 0) is 0 Å². The van der Waals surface area contributed by atoms with Gasteiger partial charge < -0.3 is 9.32 Å². The third kappa shape index (κ3) is 4.57. The molecule has 2 heteroatoms. The fourth-order valence-corrected chi connectivity index (χ4v) is 7.69. The maximum absolute atomic E-state index is 6.64. The Morgan fingerprint density at radius 1 is 0.360 bits per heavy atom. The summed E-state index contributed by atoms with van der Waals surface area (Å²) in [5.74, 6) is 0. The molecule has 0 N–H and O–H groups in total. The highest BCUT2D eigenvalue weighted by Gasteiger charge is 2.21. The predicted octanol–water partition coefficient (Wildman–Crippen LogP) is 13.8. The van der Waals surface area contributed by atoms with Crippen LogP contribution < -0.4 is 4.90 Å². The lowest BCUT2D eigenvalue weighted by atomic mass is 9.91. The fraction of sp³-hybridized carbons (Fsp3) is 0. The van der Waals surface area contributed by atoms with Crippen LogP contribution in [-0.4, -0.2) is 0 Å². The van der Waals surface area contributed by atoms with Gasteiger partial charge in [0.05, 0.1) is 11.1 Å². The Balaban J connectivity index is 1.18. The van der Waals surface area contributed by atoms with E-state index in [2.05, 4.69) is 193 Å². The molecule has 0 unspecified atom stereocenters. The van der Waals surface area contributed by atoms with Gasteiger partial charge in [0, 0.05) is 22.1 Å². The summed E-state index contributed by atoms with van der Waals surface area (Å²) in [6.07, 6.45) is 0. The van der Waals surface area contributed by atoms with Gasteiger partial charge in [-0.25, -0.2) is 0 Å². The van der Waals surface area contributed by atoms with E-state index in [1.807, 2.05) is 0 Å². The van der Waals surface area contributed by atoms with E-state index in [4.69, 9.17) is 4.42 Å². The average Bonchev–Trinajstić information content (AvgIpc) is 3.58. The molecular weight excluding hydrogens is 607 g/mol. The van der Waals surface area contributed by atoms with Crippen LogP contribution in [0.25, 0.3) is 76.5 Å². The maximum atomic E-state index is 6.64. The van der Waals surface area contributed by atoms with Crippen molar-refractivity contribution in [1.29, 1.82) is 0 Å². The SMILES string of the molecule is c1ccc(-c2cccc3cccc(-c4ccc(N(c5ccc6ccccc6c5)c5cccc6oc7c8ccccc8ccc7c56)cc4)c23)cc1. The molecule has 0 aliphatic heterocycles. The van der Waals surface area contributed by atoms with Gasteiger partial charge in [-0.2, -0.15) is 0 Å². The first-order valence-corrected chi connectivity index (χ1v) is 17.1. The van der Waals surface area contributed by atoms with Crippen LogP contribution in [0, 0.1) is 0 Å². The van der Waals surface area contributed by atoms with E-state index in [1.165, 1.54) is 49.2 Å². The molecular formula is C48H31NO. The lowest BCUT2D eigenvalue weighted by Gasteiger charge is -2.27. The Bertz CT molecular complexity index is 2860. The zero-order valence-electron chi connectivity index (χ0n) is 27.3. The van der Waals surface area contributed by atoms with Crippen LogP contribution in [0.3, 0.4) is 0 Å². The Hall–Kier alpha value is -6.64. The third-order valence-corrected chi connectivity index (χ3v) is 10.0. The molecule has 0 bridgehead atoms. The van der Waals surface area contributed by atoms with Crippen LogP contribution in [0.2, 0.25) is 0 Å². The van der Waals surface area contributed by atoms with Crippen LogP contribution in [0.1, 0.15) is 0 Å². The summed E-state index contributed by atoms with van der Waals surface area (Å²) >= 11 is 0. The molecule has 10 rings (SSSR count). The maximum Gasteiger partial charge on any atom is 0.143 e. The van der Waals surface area contributed by atoms with Gasteiger partial charge in [0.1, 0.15) is 11.2 Å². The van der Waals surface area contributed by atoms with Crippen LogP contribution in [0.15, 0.2) is 192 Å². The number of anilines is 3. The first kappa shape index (κ1) is 28.4. The second kappa shape index (κ2) is 11.5. The van der Waals surface area contributed by atoms with Crippen molar-refractivity contribution in [1.82, 2.24) is 0 Å².